The van der Waals surface area contributed by atoms with Crippen LogP contribution < -0.4 is 10.9 Å². The van der Waals surface area contributed by atoms with E-state index in [2.05, 4.69) is 33.2 Å². The van der Waals surface area contributed by atoms with Gasteiger partial charge in [0.15, 0.2) is 5.82 Å². The van der Waals surface area contributed by atoms with E-state index >= 15 is 0 Å². The molecule has 1 saturated heterocycles. The number of halogens is 2. The Kier molecular flexibility index (Phi) is 5.04. The molecule has 0 amide bonds. The number of thioether (sulfide) groups is 1. The van der Waals surface area contributed by atoms with Crippen molar-refractivity contribution in [1.82, 2.24) is 25.7 Å². The molecule has 1 saturated carbocycles. The Morgan fingerprint density at radius 1 is 0.968 bits per heavy atom. The fourth-order valence-corrected chi connectivity index (χ4v) is 6.22. The zero-order chi connectivity index (χ0) is 20.9. The number of hydrogen-bond donors (Lipinski definition) is 2. The Morgan fingerprint density at radius 2 is 1.84 bits per heavy atom. The quantitative estimate of drug-likeness (QED) is 0.563. The molecule has 31 heavy (non-hydrogen) atoms. The highest BCUT2D eigenvalue weighted by Gasteiger charge is 2.43. The van der Waals surface area contributed by atoms with Crippen LogP contribution in [0.2, 0.25) is 10.0 Å². The molecule has 1 aliphatic carbocycles. The molecule has 6 nitrogen and oxygen atoms in total. The number of benzene rings is 2. The topological polar surface area (TPSA) is 67.1 Å². The average molecular weight is 471 g/mol. The second-order valence-electron chi connectivity index (χ2n) is 8.14. The first kappa shape index (κ1) is 19.8. The molecule has 6 rings (SSSR count). The van der Waals surface area contributed by atoms with Crippen molar-refractivity contribution in [2.75, 3.05) is 0 Å². The molecule has 0 bridgehead atoms. The molecule has 3 heterocycles. The van der Waals surface area contributed by atoms with Crippen molar-refractivity contribution in [1.29, 1.82) is 0 Å². The van der Waals surface area contributed by atoms with E-state index in [1.54, 1.807) is 11.8 Å². The van der Waals surface area contributed by atoms with Gasteiger partial charge in [-0.05, 0) is 36.5 Å². The molecular weight excluding hydrogens is 451 g/mol. The van der Waals surface area contributed by atoms with Crippen molar-refractivity contribution in [2.45, 2.75) is 41.8 Å². The van der Waals surface area contributed by atoms with E-state index in [4.69, 9.17) is 28.3 Å². The summed E-state index contributed by atoms with van der Waals surface area (Å²) in [5.41, 5.74) is 9.88. The highest BCUT2D eigenvalue weighted by molar-refractivity contribution is 8.00. The zero-order valence-corrected chi connectivity index (χ0v) is 18.8. The summed E-state index contributed by atoms with van der Waals surface area (Å²) in [5, 5.41) is 16.0. The minimum Gasteiger partial charge on any atom is -0.254 e. The third kappa shape index (κ3) is 3.39. The molecule has 3 aliphatic rings. The van der Waals surface area contributed by atoms with Gasteiger partial charge in [-0.3, -0.25) is 5.43 Å². The van der Waals surface area contributed by atoms with Gasteiger partial charge in [-0.15, -0.1) is 10.2 Å². The molecule has 2 aromatic carbocycles. The van der Waals surface area contributed by atoms with Gasteiger partial charge in [0.05, 0.1) is 27.0 Å². The van der Waals surface area contributed by atoms with Crippen LogP contribution in [-0.2, 0) is 0 Å². The third-order valence-electron chi connectivity index (χ3n) is 6.33. The molecule has 4 unspecified atom stereocenters. The summed E-state index contributed by atoms with van der Waals surface area (Å²) in [5.74, 6) is 1.36. The van der Waals surface area contributed by atoms with Crippen LogP contribution in [0.15, 0.2) is 58.8 Å². The zero-order valence-electron chi connectivity index (χ0n) is 16.5. The van der Waals surface area contributed by atoms with E-state index in [1.165, 1.54) is 19.3 Å². The second-order valence-corrected chi connectivity index (χ2v) is 10.0. The minimum atomic E-state index is -0.0168. The second kappa shape index (κ2) is 7.90. The van der Waals surface area contributed by atoms with Gasteiger partial charge in [-0.25, -0.2) is 5.43 Å². The van der Waals surface area contributed by atoms with Crippen LogP contribution >= 0.6 is 35.0 Å². The molecule has 9 heteroatoms. The number of nitrogens with one attached hydrogen (secondary N) is 2. The Labute approximate surface area is 194 Å². The molecule has 0 spiro atoms. The van der Waals surface area contributed by atoms with Crippen molar-refractivity contribution in [3.05, 3.63) is 75.5 Å². The molecule has 3 aromatic rings. The lowest BCUT2D eigenvalue weighted by atomic mass is 9.97. The summed E-state index contributed by atoms with van der Waals surface area (Å²) in [6.45, 7) is 0. The lowest BCUT2D eigenvalue weighted by Gasteiger charge is -2.25. The van der Waals surface area contributed by atoms with E-state index in [0.717, 1.165) is 27.8 Å². The van der Waals surface area contributed by atoms with Crippen LogP contribution in [0.25, 0.3) is 0 Å². The van der Waals surface area contributed by atoms with Gasteiger partial charge < -0.3 is 0 Å². The molecular formula is C22H20Cl2N6S. The van der Waals surface area contributed by atoms with Crippen LogP contribution in [-0.4, -0.2) is 26.6 Å². The summed E-state index contributed by atoms with van der Waals surface area (Å²) in [6.07, 6.45) is 3.61. The maximum absolute atomic E-state index is 6.36. The first-order valence-electron chi connectivity index (χ1n) is 10.4. The summed E-state index contributed by atoms with van der Waals surface area (Å²) in [7, 11) is 0. The van der Waals surface area contributed by atoms with Gasteiger partial charge in [0.2, 0.25) is 5.16 Å². The van der Waals surface area contributed by atoms with Crippen molar-refractivity contribution in [2.24, 2.45) is 11.0 Å². The molecule has 0 radical (unpaired) electrons. The average Bonchev–Trinajstić information content (AvgIpc) is 3.51. The van der Waals surface area contributed by atoms with E-state index < -0.39 is 0 Å². The lowest BCUT2D eigenvalue weighted by molar-refractivity contribution is 0.425. The summed E-state index contributed by atoms with van der Waals surface area (Å²) >= 11 is 14.2. The first-order chi connectivity index (χ1) is 15.2. The van der Waals surface area contributed by atoms with E-state index in [0.29, 0.717) is 22.0 Å². The third-order valence-corrected chi connectivity index (χ3v) is 8.27. The van der Waals surface area contributed by atoms with E-state index in [9.17, 15) is 0 Å². The Morgan fingerprint density at radius 3 is 2.68 bits per heavy atom. The highest BCUT2D eigenvalue weighted by Crippen LogP contribution is 2.44. The number of aromatic nitrogens is 3. The summed E-state index contributed by atoms with van der Waals surface area (Å²) in [6, 6.07) is 16.6. The van der Waals surface area contributed by atoms with Gasteiger partial charge in [0.1, 0.15) is 0 Å². The van der Waals surface area contributed by atoms with E-state index in [1.807, 2.05) is 41.1 Å². The predicted octanol–water partition coefficient (Wildman–Crippen LogP) is 5.00. The van der Waals surface area contributed by atoms with Crippen LogP contribution in [0.1, 0.15) is 47.5 Å². The smallest absolute Gasteiger partial charge is 0.213 e. The fourth-order valence-electron chi connectivity index (χ4n) is 4.80. The minimum absolute atomic E-state index is 0.0168. The monoisotopic (exact) mass is 470 g/mol. The Hall–Kier alpha value is -1.90. The van der Waals surface area contributed by atoms with Crippen LogP contribution in [0.3, 0.4) is 0 Å². The summed E-state index contributed by atoms with van der Waals surface area (Å²) in [4.78, 5) is 0. The van der Waals surface area contributed by atoms with Gasteiger partial charge >= 0.3 is 0 Å². The molecule has 158 valence electrons. The van der Waals surface area contributed by atoms with Crippen LogP contribution in [0, 0.1) is 5.92 Å². The van der Waals surface area contributed by atoms with Gasteiger partial charge in [-0.1, -0.05) is 77.8 Å². The first-order valence-corrected chi connectivity index (χ1v) is 12.0. The molecule has 2 fully saturated rings. The highest BCUT2D eigenvalue weighted by atomic mass is 35.5. The normalized spacial score (nSPS) is 27.1. The number of nitrogens with zero attached hydrogens (tertiary/aromatic N) is 4. The maximum atomic E-state index is 6.36. The van der Waals surface area contributed by atoms with Crippen molar-refractivity contribution < 1.29 is 0 Å². The van der Waals surface area contributed by atoms with Crippen molar-refractivity contribution in [3.63, 3.8) is 0 Å². The number of fused-ring (bicyclic) bond motifs is 2. The van der Waals surface area contributed by atoms with Gasteiger partial charge in [0, 0.05) is 11.6 Å². The predicted molar refractivity (Wildman–Crippen MR) is 124 cm³/mol. The Bertz CT molecular complexity index is 1160. The molecule has 2 N–H and O–H groups in total. The lowest BCUT2D eigenvalue weighted by Crippen LogP contribution is -2.31. The van der Waals surface area contributed by atoms with Crippen LogP contribution in [0.4, 0.5) is 0 Å². The molecule has 2 aliphatic heterocycles. The maximum Gasteiger partial charge on any atom is 0.213 e. The fraction of sp³-hybridized carbons (Fsp3) is 0.318. The van der Waals surface area contributed by atoms with Crippen LogP contribution in [0.5, 0.6) is 0 Å². The number of rotatable bonds is 3. The largest absolute Gasteiger partial charge is 0.254 e. The summed E-state index contributed by atoms with van der Waals surface area (Å²) < 4.78 is 1.90. The number of hydrazine groups is 1. The molecule has 4 atom stereocenters. The molecule has 1 aromatic heterocycles. The van der Waals surface area contributed by atoms with Gasteiger partial charge in [0.25, 0.3) is 0 Å². The standard InChI is InChI=1S/C22H20Cl2N6S/c23-15-10-9-13(11-16(15)24)18-20(12-5-2-1-3-6-12)31-22-28-27-21(30(22)29-18)19-14-7-4-8-17(14)25-26-19/h1-3,5-6,9-11,14,17,19-20,25-26H,4,7-8H2. The SMILES string of the molecule is Clc1ccc(C2=Nn3c(nnc3C3NNC4CCCC43)SC2c2ccccc2)cc1Cl. The van der Waals surface area contributed by atoms with E-state index in [-0.39, 0.29) is 11.3 Å². The van der Waals surface area contributed by atoms with Crippen molar-refractivity contribution in [3.8, 4) is 0 Å². The number of hydrogen-bond acceptors (Lipinski definition) is 6. The Balaban J connectivity index is 1.46. The van der Waals surface area contributed by atoms with Crippen molar-refractivity contribution >= 4 is 40.7 Å². The van der Waals surface area contributed by atoms with Gasteiger partial charge in [-0.2, -0.15) is 9.78 Å².